The van der Waals surface area contributed by atoms with E-state index < -0.39 is 0 Å². The number of nitrogen functional groups attached to an aromatic ring is 1. The van der Waals surface area contributed by atoms with E-state index in [-0.39, 0.29) is 42.7 Å². The predicted molar refractivity (Wildman–Crippen MR) is 216 cm³/mol. The number of hydrogen-bond donors (Lipinski definition) is 5. The van der Waals surface area contributed by atoms with E-state index in [0.717, 1.165) is 36.8 Å². The van der Waals surface area contributed by atoms with Gasteiger partial charge < -0.3 is 45.6 Å². The van der Waals surface area contributed by atoms with Crippen LogP contribution in [0.2, 0.25) is 0 Å². The molecule has 1 fully saturated rings. The van der Waals surface area contributed by atoms with Crippen molar-refractivity contribution in [2.75, 3.05) is 41.9 Å². The molecule has 4 amide bonds. The number of H-pyrrole nitrogens is 1. The van der Waals surface area contributed by atoms with Crippen LogP contribution in [0.15, 0.2) is 90.2 Å². The molecule has 6 N–H and O–H groups in total. The van der Waals surface area contributed by atoms with Crippen LogP contribution < -0.4 is 31.2 Å². The Hall–Kier alpha value is -6.83. The van der Waals surface area contributed by atoms with E-state index in [1.807, 2.05) is 23.2 Å². The molecule has 0 bridgehead atoms. The highest BCUT2D eigenvalue weighted by molar-refractivity contribution is 6.06. The number of aromatic nitrogens is 2. The first-order chi connectivity index (χ1) is 27.1. The van der Waals surface area contributed by atoms with Crippen LogP contribution in [0.25, 0.3) is 11.1 Å². The number of amides is 4. The number of aromatic amines is 1. The van der Waals surface area contributed by atoms with Gasteiger partial charge in [-0.15, -0.1) is 0 Å². The van der Waals surface area contributed by atoms with Gasteiger partial charge in [0, 0.05) is 61.8 Å². The van der Waals surface area contributed by atoms with Crippen molar-refractivity contribution in [2.24, 2.45) is 12.0 Å². The Morgan fingerprint density at radius 1 is 0.875 bits per heavy atom. The third-order valence-electron chi connectivity index (χ3n) is 9.86. The highest BCUT2D eigenvalue weighted by Gasteiger charge is 2.30. The first-order valence-electron chi connectivity index (χ1n) is 18.6. The number of rotatable bonds is 12. The predicted octanol–water partition coefficient (Wildman–Crippen LogP) is 7.01. The maximum Gasteiger partial charge on any atom is 0.272 e. The summed E-state index contributed by atoms with van der Waals surface area (Å²) < 4.78 is 13.2. The molecule has 1 saturated heterocycles. The van der Waals surface area contributed by atoms with E-state index in [4.69, 9.17) is 15.2 Å². The SMILES string of the molecule is COc1cc2c(cc1OCCCC(=O)Nc1cc(C(=O)Nc3ccc(-c4c[nH]c(C(=O)Nc5ccc(N)cc5)c4)cc3)n(C)c1)N=CC1CCCCCN1C2=O. The second kappa shape index (κ2) is 16.7. The van der Waals surface area contributed by atoms with Crippen LogP contribution in [0.3, 0.4) is 0 Å². The standard InChI is InChI=1S/C42H44N8O6/c1-49-25-31(46-39(51)8-6-18-56-38-22-34-33(21-37(38)55-2)42(54)50-17-5-3-4-7-32(50)24-45-34)20-36(49)41(53)48-29-13-9-26(10-14-29)27-19-35(44-23-27)40(52)47-30-15-11-28(43)12-16-30/h9-16,19-25,32,44H,3-8,17-18,43H2,1-2H3,(H,46,51)(H,47,52)(H,48,53). The molecule has 4 heterocycles. The molecule has 5 aromatic rings. The summed E-state index contributed by atoms with van der Waals surface area (Å²) in [7, 11) is 3.26. The second-order valence-electron chi connectivity index (χ2n) is 13.8. The van der Waals surface area contributed by atoms with E-state index in [1.165, 1.54) is 7.11 Å². The smallest absolute Gasteiger partial charge is 0.272 e. The second-order valence-corrected chi connectivity index (χ2v) is 13.8. The first-order valence-corrected chi connectivity index (χ1v) is 18.6. The maximum absolute atomic E-state index is 13.4. The van der Waals surface area contributed by atoms with E-state index in [2.05, 4.69) is 25.9 Å². The lowest BCUT2D eigenvalue weighted by molar-refractivity contribution is -0.116. The summed E-state index contributed by atoms with van der Waals surface area (Å²) >= 11 is 0. The average molecular weight is 757 g/mol. The fourth-order valence-corrected chi connectivity index (χ4v) is 6.86. The van der Waals surface area contributed by atoms with E-state index in [0.29, 0.717) is 69.9 Å². The van der Waals surface area contributed by atoms with Gasteiger partial charge in [-0.05, 0) is 85.0 Å². The van der Waals surface area contributed by atoms with E-state index in [1.54, 1.807) is 84.7 Å². The van der Waals surface area contributed by atoms with Gasteiger partial charge in [-0.3, -0.25) is 24.2 Å². The van der Waals surface area contributed by atoms with Gasteiger partial charge >= 0.3 is 0 Å². The number of hydrogen-bond acceptors (Lipinski definition) is 8. The lowest BCUT2D eigenvalue weighted by atomic mass is 10.1. The van der Waals surface area contributed by atoms with Crippen molar-refractivity contribution < 1.29 is 28.7 Å². The molecule has 1 unspecified atom stereocenters. The summed E-state index contributed by atoms with van der Waals surface area (Å²) in [5.74, 6) is -0.0149. The van der Waals surface area contributed by atoms with Gasteiger partial charge in [-0.25, -0.2) is 0 Å². The van der Waals surface area contributed by atoms with Gasteiger partial charge in [0.25, 0.3) is 17.7 Å². The fourth-order valence-electron chi connectivity index (χ4n) is 6.86. The first kappa shape index (κ1) is 37.5. The van der Waals surface area contributed by atoms with Crippen molar-refractivity contribution in [1.29, 1.82) is 0 Å². The molecule has 56 heavy (non-hydrogen) atoms. The zero-order valence-electron chi connectivity index (χ0n) is 31.3. The highest BCUT2D eigenvalue weighted by Crippen LogP contribution is 2.38. The Labute approximate surface area is 324 Å². The van der Waals surface area contributed by atoms with E-state index >= 15 is 0 Å². The average Bonchev–Trinajstić information content (AvgIpc) is 3.73. The Balaban J connectivity index is 0.889. The van der Waals surface area contributed by atoms with Crippen LogP contribution in [0, 0.1) is 0 Å². The monoisotopic (exact) mass is 756 g/mol. The van der Waals surface area contributed by atoms with Gasteiger partial charge in [0.2, 0.25) is 5.91 Å². The minimum Gasteiger partial charge on any atom is -0.493 e. The number of carbonyl (C=O) groups excluding carboxylic acids is 4. The van der Waals surface area contributed by atoms with Gasteiger partial charge in [0.05, 0.1) is 36.7 Å². The van der Waals surface area contributed by atoms with Crippen molar-refractivity contribution in [3.8, 4) is 22.6 Å². The highest BCUT2D eigenvalue weighted by atomic mass is 16.5. The van der Waals surface area contributed by atoms with Crippen LogP contribution >= 0.6 is 0 Å². The molecular weight excluding hydrogens is 713 g/mol. The van der Waals surface area contributed by atoms with Crippen LogP contribution in [-0.4, -0.2) is 70.6 Å². The zero-order valence-corrected chi connectivity index (χ0v) is 31.3. The maximum atomic E-state index is 13.4. The van der Waals surface area contributed by atoms with Gasteiger partial charge in [-0.1, -0.05) is 25.0 Å². The number of anilines is 4. The van der Waals surface area contributed by atoms with Crippen molar-refractivity contribution in [3.05, 3.63) is 102 Å². The number of ether oxygens (including phenoxy) is 2. The van der Waals surface area contributed by atoms with Gasteiger partial charge in [0.1, 0.15) is 11.4 Å². The number of benzene rings is 3. The number of nitrogens with one attached hydrogen (secondary N) is 4. The molecule has 0 aliphatic carbocycles. The Bertz CT molecular complexity index is 2270. The van der Waals surface area contributed by atoms with Crippen molar-refractivity contribution in [3.63, 3.8) is 0 Å². The molecule has 14 nitrogen and oxygen atoms in total. The lowest BCUT2D eigenvalue weighted by Crippen LogP contribution is -2.40. The molecule has 2 aromatic heterocycles. The number of aliphatic imine (C=N–C) groups is 1. The van der Waals surface area contributed by atoms with Crippen LogP contribution in [-0.2, 0) is 11.8 Å². The number of carbonyl (C=O) groups is 4. The molecule has 14 heteroatoms. The molecule has 0 radical (unpaired) electrons. The number of nitrogens with two attached hydrogens (primary N) is 1. The van der Waals surface area contributed by atoms with Crippen LogP contribution in [0.1, 0.15) is 69.9 Å². The quantitative estimate of drug-likeness (QED) is 0.0669. The molecule has 1 atom stereocenters. The molecule has 7 rings (SSSR count). The van der Waals surface area contributed by atoms with Crippen LogP contribution in [0.5, 0.6) is 11.5 Å². The summed E-state index contributed by atoms with van der Waals surface area (Å²) in [6.45, 7) is 0.945. The molecule has 2 aliphatic heterocycles. The number of methoxy groups -OCH3 is 1. The van der Waals surface area contributed by atoms with Gasteiger partial charge in [0.15, 0.2) is 11.5 Å². The van der Waals surface area contributed by atoms with Gasteiger partial charge in [-0.2, -0.15) is 0 Å². The topological polar surface area (TPSA) is 185 Å². The molecular formula is C42H44N8O6. The van der Waals surface area contributed by atoms with E-state index in [9.17, 15) is 19.2 Å². The number of nitrogens with zero attached hydrogens (tertiary/aromatic N) is 3. The van der Waals surface area contributed by atoms with Crippen LogP contribution in [0.4, 0.5) is 28.4 Å². The third-order valence-corrected chi connectivity index (χ3v) is 9.86. The van der Waals surface area contributed by atoms with Crippen molar-refractivity contribution in [2.45, 2.75) is 44.6 Å². The number of fused-ring (bicyclic) bond motifs is 2. The minimum atomic E-state index is -0.343. The largest absolute Gasteiger partial charge is 0.493 e. The Kier molecular flexibility index (Phi) is 11.2. The molecule has 0 saturated carbocycles. The summed E-state index contributed by atoms with van der Waals surface area (Å²) in [5, 5.41) is 8.59. The summed E-state index contributed by atoms with van der Waals surface area (Å²) in [6.07, 6.45) is 9.92. The molecule has 2 aliphatic rings. The number of aryl methyl sites for hydroxylation is 1. The lowest BCUT2D eigenvalue weighted by Gasteiger charge is -2.26. The summed E-state index contributed by atoms with van der Waals surface area (Å²) in [4.78, 5) is 61.7. The fraction of sp³-hybridized carbons (Fsp3) is 0.262. The van der Waals surface area contributed by atoms with Crippen molar-refractivity contribution >= 4 is 58.3 Å². The Morgan fingerprint density at radius 3 is 2.39 bits per heavy atom. The third kappa shape index (κ3) is 8.59. The Morgan fingerprint density at radius 2 is 1.62 bits per heavy atom. The van der Waals surface area contributed by atoms with Crippen molar-refractivity contribution in [1.82, 2.24) is 14.5 Å². The summed E-state index contributed by atoms with van der Waals surface area (Å²) in [6, 6.07) is 20.9. The normalized spacial score (nSPS) is 14.9. The molecule has 0 spiro atoms. The summed E-state index contributed by atoms with van der Waals surface area (Å²) in [5.41, 5.74) is 11.5. The minimum absolute atomic E-state index is 0.0178. The molecule has 3 aromatic carbocycles. The zero-order chi connectivity index (χ0) is 39.2. The molecule has 288 valence electrons.